The van der Waals surface area contributed by atoms with E-state index in [-0.39, 0.29) is 23.6 Å². The Hall–Kier alpha value is -1.93. The number of anilines is 1. The largest absolute Gasteiger partial charge is 0.383 e. The average Bonchev–Trinajstić information content (AvgIpc) is 2.57. The molecule has 0 aromatic heterocycles. The van der Waals surface area contributed by atoms with Crippen LogP contribution in [0, 0.1) is 0 Å². The normalized spacial score (nSPS) is 11.2. The number of benzene rings is 2. The van der Waals surface area contributed by atoms with Crippen LogP contribution >= 0.6 is 11.6 Å². The third-order valence-electron chi connectivity index (χ3n) is 3.11. The SMILES string of the molecule is COCCNS(=O)(=O)c1cccc(C(=O)Nc2ccc(Cl)cc2)c1. The van der Waals surface area contributed by atoms with Crippen LogP contribution in [0.3, 0.4) is 0 Å². The first kappa shape index (κ1) is 18.4. The lowest BCUT2D eigenvalue weighted by atomic mass is 10.2. The molecule has 0 unspecified atom stereocenters. The van der Waals surface area contributed by atoms with Crippen molar-refractivity contribution in [3.63, 3.8) is 0 Å². The van der Waals surface area contributed by atoms with Crippen LogP contribution in [0.2, 0.25) is 5.02 Å². The van der Waals surface area contributed by atoms with Crippen LogP contribution in [-0.4, -0.2) is 34.6 Å². The number of hydrogen-bond acceptors (Lipinski definition) is 4. The van der Waals surface area contributed by atoms with Crippen molar-refractivity contribution >= 4 is 33.2 Å². The molecular weight excluding hydrogens is 352 g/mol. The molecule has 0 aliphatic carbocycles. The minimum Gasteiger partial charge on any atom is -0.383 e. The number of halogens is 1. The number of nitrogens with one attached hydrogen (secondary N) is 2. The first-order valence-electron chi connectivity index (χ1n) is 7.08. The van der Waals surface area contributed by atoms with Crippen molar-refractivity contribution in [2.24, 2.45) is 0 Å². The molecule has 128 valence electrons. The Kier molecular flexibility index (Phi) is 6.33. The molecule has 0 aliphatic heterocycles. The molecule has 0 heterocycles. The standard InChI is InChI=1S/C16H17ClN2O4S/c1-23-10-9-18-24(21,22)15-4-2-3-12(11-15)16(20)19-14-7-5-13(17)6-8-14/h2-8,11,18H,9-10H2,1H3,(H,19,20). The molecule has 0 aliphatic rings. The lowest BCUT2D eigenvalue weighted by Crippen LogP contribution is -2.27. The minimum atomic E-state index is -3.69. The first-order valence-corrected chi connectivity index (χ1v) is 8.94. The molecule has 0 saturated carbocycles. The van der Waals surface area contributed by atoms with Gasteiger partial charge >= 0.3 is 0 Å². The van der Waals surface area contributed by atoms with Gasteiger partial charge in [-0.05, 0) is 42.5 Å². The maximum absolute atomic E-state index is 12.3. The van der Waals surface area contributed by atoms with Crippen LogP contribution in [0.25, 0.3) is 0 Å². The van der Waals surface area contributed by atoms with Gasteiger partial charge in [-0.3, -0.25) is 4.79 Å². The molecule has 2 aromatic rings. The van der Waals surface area contributed by atoms with Crippen LogP contribution in [0.1, 0.15) is 10.4 Å². The van der Waals surface area contributed by atoms with Gasteiger partial charge in [0, 0.05) is 29.9 Å². The van der Waals surface area contributed by atoms with Crippen molar-refractivity contribution in [2.75, 3.05) is 25.6 Å². The summed E-state index contributed by atoms with van der Waals surface area (Å²) in [4.78, 5) is 12.3. The second-order valence-electron chi connectivity index (χ2n) is 4.88. The smallest absolute Gasteiger partial charge is 0.255 e. The molecule has 0 fully saturated rings. The van der Waals surface area contributed by atoms with Crippen LogP contribution in [0.5, 0.6) is 0 Å². The molecule has 8 heteroatoms. The highest BCUT2D eigenvalue weighted by Crippen LogP contribution is 2.16. The number of carbonyl (C=O) groups excluding carboxylic acids is 1. The van der Waals surface area contributed by atoms with Gasteiger partial charge in [0.15, 0.2) is 0 Å². The molecule has 2 N–H and O–H groups in total. The summed E-state index contributed by atoms with van der Waals surface area (Å²) in [5.74, 6) is -0.411. The lowest BCUT2D eigenvalue weighted by molar-refractivity contribution is 0.102. The number of hydrogen-bond donors (Lipinski definition) is 2. The molecule has 1 amide bonds. The van der Waals surface area contributed by atoms with Gasteiger partial charge < -0.3 is 10.1 Å². The van der Waals surface area contributed by atoms with E-state index in [1.807, 2.05) is 0 Å². The van der Waals surface area contributed by atoms with Gasteiger partial charge in [-0.1, -0.05) is 17.7 Å². The van der Waals surface area contributed by atoms with Crippen molar-refractivity contribution in [1.29, 1.82) is 0 Å². The summed E-state index contributed by atoms with van der Waals surface area (Å²) in [5, 5.41) is 3.24. The van der Waals surface area contributed by atoms with Gasteiger partial charge in [-0.25, -0.2) is 13.1 Å². The van der Waals surface area contributed by atoms with Crippen molar-refractivity contribution in [3.8, 4) is 0 Å². The molecule has 2 aromatic carbocycles. The Morgan fingerprint density at radius 1 is 1.17 bits per heavy atom. The summed E-state index contributed by atoms with van der Waals surface area (Å²) in [7, 11) is -2.21. The third kappa shape index (κ3) is 5.04. The van der Waals surface area contributed by atoms with E-state index >= 15 is 0 Å². The first-order chi connectivity index (χ1) is 11.4. The molecule has 0 atom stereocenters. The molecular formula is C16H17ClN2O4S. The molecule has 2 rings (SSSR count). The number of sulfonamides is 1. The van der Waals surface area contributed by atoms with Crippen LogP contribution in [0.15, 0.2) is 53.4 Å². The monoisotopic (exact) mass is 368 g/mol. The molecule has 0 bridgehead atoms. The minimum absolute atomic E-state index is 0.0161. The fraction of sp³-hybridized carbons (Fsp3) is 0.188. The summed E-state index contributed by atoms with van der Waals surface area (Å²) < 4.78 is 31.5. The molecule has 24 heavy (non-hydrogen) atoms. The fourth-order valence-corrected chi connectivity index (χ4v) is 3.09. The molecule has 0 saturated heterocycles. The highest BCUT2D eigenvalue weighted by molar-refractivity contribution is 7.89. The summed E-state index contributed by atoms with van der Waals surface area (Å²) in [6.07, 6.45) is 0. The quantitative estimate of drug-likeness (QED) is 0.735. The number of amides is 1. The zero-order valence-corrected chi connectivity index (χ0v) is 14.5. The summed E-state index contributed by atoms with van der Waals surface area (Å²) >= 11 is 5.79. The predicted molar refractivity (Wildman–Crippen MR) is 92.9 cm³/mol. The summed E-state index contributed by atoms with van der Waals surface area (Å²) in [6, 6.07) is 12.4. The molecule has 0 radical (unpaired) electrons. The Morgan fingerprint density at radius 2 is 1.88 bits per heavy atom. The Bertz CT molecular complexity index is 807. The average molecular weight is 369 g/mol. The van der Waals surface area contributed by atoms with Crippen molar-refractivity contribution < 1.29 is 17.9 Å². The maximum atomic E-state index is 12.3. The van der Waals surface area contributed by atoms with Gasteiger partial charge in [0.2, 0.25) is 10.0 Å². The highest BCUT2D eigenvalue weighted by Gasteiger charge is 2.16. The third-order valence-corrected chi connectivity index (χ3v) is 4.82. The maximum Gasteiger partial charge on any atom is 0.255 e. The van der Waals surface area contributed by atoms with E-state index in [0.29, 0.717) is 10.7 Å². The van der Waals surface area contributed by atoms with Crippen molar-refractivity contribution in [2.45, 2.75) is 4.90 Å². The predicted octanol–water partition coefficient (Wildman–Crippen LogP) is 2.52. The van der Waals surface area contributed by atoms with Gasteiger partial charge in [0.25, 0.3) is 5.91 Å². The Balaban J connectivity index is 2.14. The van der Waals surface area contributed by atoms with E-state index in [2.05, 4.69) is 10.0 Å². The summed E-state index contributed by atoms with van der Waals surface area (Å²) in [6.45, 7) is 0.413. The topological polar surface area (TPSA) is 84.5 Å². The van der Waals surface area contributed by atoms with E-state index in [9.17, 15) is 13.2 Å². The highest BCUT2D eigenvalue weighted by atomic mass is 35.5. The van der Waals surface area contributed by atoms with Crippen molar-refractivity contribution in [1.82, 2.24) is 4.72 Å². The van der Waals surface area contributed by atoms with Crippen molar-refractivity contribution in [3.05, 3.63) is 59.1 Å². The van der Waals surface area contributed by atoms with Gasteiger partial charge in [-0.2, -0.15) is 0 Å². The van der Waals surface area contributed by atoms with E-state index in [1.165, 1.54) is 25.3 Å². The van der Waals surface area contributed by atoms with E-state index in [4.69, 9.17) is 16.3 Å². The second kappa shape index (κ2) is 8.25. The molecule has 0 spiro atoms. The van der Waals surface area contributed by atoms with Crippen LogP contribution < -0.4 is 10.0 Å². The van der Waals surface area contributed by atoms with E-state index in [0.717, 1.165) is 0 Å². The Labute approximate surface area is 145 Å². The number of rotatable bonds is 7. The van der Waals surface area contributed by atoms with E-state index in [1.54, 1.807) is 30.3 Å². The van der Waals surface area contributed by atoms with Crippen LogP contribution in [-0.2, 0) is 14.8 Å². The number of methoxy groups -OCH3 is 1. The molecule has 6 nitrogen and oxygen atoms in total. The zero-order chi connectivity index (χ0) is 17.6. The van der Waals surface area contributed by atoms with E-state index < -0.39 is 15.9 Å². The number of carbonyl (C=O) groups is 1. The van der Waals surface area contributed by atoms with Crippen LogP contribution in [0.4, 0.5) is 5.69 Å². The number of ether oxygens (including phenoxy) is 1. The fourth-order valence-electron chi connectivity index (χ4n) is 1.90. The second-order valence-corrected chi connectivity index (χ2v) is 7.08. The Morgan fingerprint density at radius 3 is 2.54 bits per heavy atom. The lowest BCUT2D eigenvalue weighted by Gasteiger charge is -2.09. The van der Waals surface area contributed by atoms with Gasteiger partial charge in [0.05, 0.1) is 11.5 Å². The zero-order valence-electron chi connectivity index (χ0n) is 13.0. The van der Waals surface area contributed by atoms with Gasteiger partial charge in [-0.15, -0.1) is 0 Å². The van der Waals surface area contributed by atoms with Gasteiger partial charge in [0.1, 0.15) is 0 Å². The summed E-state index contributed by atoms with van der Waals surface area (Å²) in [5.41, 5.74) is 0.801.